The molecule has 3 aromatic rings. The van der Waals surface area contributed by atoms with Crippen molar-refractivity contribution in [1.29, 1.82) is 26.3 Å². The molecule has 0 saturated carbocycles. The van der Waals surface area contributed by atoms with Crippen LogP contribution in [0.3, 0.4) is 0 Å². The Balaban J connectivity index is 2.79. The smallest absolute Gasteiger partial charge is 0.201 e. The Bertz CT molecular complexity index is 1860. The molecule has 0 unspecified atom stereocenters. The van der Waals surface area contributed by atoms with Crippen molar-refractivity contribution in [3.8, 4) is 30.3 Å². The highest BCUT2D eigenvalue weighted by atomic mass is 19.2. The Morgan fingerprint density at radius 3 is 1.29 bits per heavy atom. The monoisotopic (exact) mass is 527 g/mol. The predicted molar refractivity (Wildman–Crippen MR) is 104 cm³/mol. The number of hydrogen-bond acceptors (Lipinski definition) is 7. The fourth-order valence-corrected chi connectivity index (χ4v) is 3.36. The first-order valence-electron chi connectivity index (χ1n) is 9.35. The lowest BCUT2D eigenvalue weighted by molar-refractivity contribution is 0.404. The molecule has 0 atom stereocenters. The fourth-order valence-electron chi connectivity index (χ4n) is 3.36. The number of benzene rings is 1. The van der Waals surface area contributed by atoms with E-state index in [0.29, 0.717) is 6.07 Å². The van der Waals surface area contributed by atoms with E-state index in [2.05, 4.69) is 9.97 Å². The normalized spacial score (nSPS) is 11.9. The third kappa shape index (κ3) is 3.99. The average Bonchev–Trinajstić information content (AvgIpc) is 2.90. The Morgan fingerprint density at radius 2 is 0.947 bits per heavy atom. The molecule has 1 aromatic carbocycles. The summed E-state index contributed by atoms with van der Waals surface area (Å²) in [5.74, 6) is -17.6. The second-order valence-corrected chi connectivity index (χ2v) is 6.80. The maximum Gasteiger partial charge on any atom is 0.252 e. The summed E-state index contributed by atoms with van der Waals surface area (Å²) >= 11 is 0. The number of halogens is 8. The van der Waals surface area contributed by atoms with E-state index < -0.39 is 96.5 Å². The van der Waals surface area contributed by atoms with Crippen molar-refractivity contribution in [1.82, 2.24) is 9.97 Å². The summed E-state index contributed by atoms with van der Waals surface area (Å²) in [6.07, 6.45) is 0. The van der Waals surface area contributed by atoms with Crippen LogP contribution in [0.1, 0.15) is 27.8 Å². The number of nitriles is 5. The van der Waals surface area contributed by atoms with Gasteiger partial charge in [0.2, 0.25) is 0 Å². The molecule has 0 aliphatic rings. The van der Waals surface area contributed by atoms with Gasteiger partial charge < -0.3 is 0 Å². The summed E-state index contributed by atoms with van der Waals surface area (Å²) in [6.45, 7) is 0. The largest absolute Gasteiger partial charge is 0.252 e. The van der Waals surface area contributed by atoms with Crippen LogP contribution >= 0.6 is 0 Å². The molecule has 7 nitrogen and oxygen atoms in total. The first-order valence-corrected chi connectivity index (χ1v) is 9.35. The molecule has 0 spiro atoms. The minimum absolute atomic E-state index is 0.434. The van der Waals surface area contributed by atoms with Gasteiger partial charge in [0.25, 0.3) is 23.8 Å². The zero-order chi connectivity index (χ0) is 28.5. The van der Waals surface area contributed by atoms with Crippen molar-refractivity contribution in [3.63, 3.8) is 0 Å². The van der Waals surface area contributed by atoms with E-state index in [-0.39, 0.29) is 0 Å². The topological polar surface area (TPSA) is 145 Å². The molecule has 0 amide bonds. The van der Waals surface area contributed by atoms with Gasteiger partial charge in [-0.25, -0.2) is 17.6 Å². The van der Waals surface area contributed by atoms with E-state index in [1.54, 1.807) is 0 Å². The van der Waals surface area contributed by atoms with Gasteiger partial charge >= 0.3 is 0 Å². The molecule has 0 aliphatic heterocycles. The minimum atomic E-state index is -2.22. The number of pyridine rings is 2. The fraction of sp³-hybridized carbons (Fsp3) is 0. The van der Waals surface area contributed by atoms with Crippen LogP contribution in [0.2, 0.25) is 0 Å². The number of hydrogen-bond donors (Lipinski definition) is 0. The van der Waals surface area contributed by atoms with Crippen LogP contribution in [0.5, 0.6) is 0 Å². The molecular formula is C23HF8N7. The van der Waals surface area contributed by atoms with E-state index in [1.807, 2.05) is 0 Å². The van der Waals surface area contributed by atoms with Gasteiger partial charge in [0.15, 0.2) is 23.3 Å². The quantitative estimate of drug-likeness (QED) is 0.368. The Labute approximate surface area is 204 Å². The Kier molecular flexibility index (Phi) is 7.06. The summed E-state index contributed by atoms with van der Waals surface area (Å²) < 4.78 is 112. The van der Waals surface area contributed by atoms with Crippen molar-refractivity contribution in [2.24, 2.45) is 0 Å². The maximum absolute atomic E-state index is 14.4. The standard InChI is InChI=1S/C23HF8N7/c24-16-14(17(25)21(29)37-20(16)28)10(4-34)8-1-7(2-32)13(11(5-35)9(8)3-33)12(6-36)15-18(26)22(30)38-23(31)19(15)27/h1H/b10-8+,13-12-. The van der Waals surface area contributed by atoms with E-state index in [9.17, 15) is 61.4 Å². The lowest BCUT2D eigenvalue weighted by Crippen LogP contribution is -2.27. The summed E-state index contributed by atoms with van der Waals surface area (Å²) in [5.41, 5.74) is -9.29. The van der Waals surface area contributed by atoms with E-state index in [1.165, 1.54) is 24.3 Å². The number of rotatable bonds is 2. The Hall–Kier alpha value is -5.85. The first kappa shape index (κ1) is 26.7. The lowest BCUT2D eigenvalue weighted by Gasteiger charge is -2.10. The summed E-state index contributed by atoms with van der Waals surface area (Å²) in [5, 5.41) is 46.0. The number of aromatic nitrogens is 2. The van der Waals surface area contributed by atoms with Crippen LogP contribution < -0.4 is 10.4 Å². The maximum atomic E-state index is 14.4. The van der Waals surface area contributed by atoms with Crippen molar-refractivity contribution in [2.75, 3.05) is 0 Å². The molecule has 184 valence electrons. The van der Waals surface area contributed by atoms with Crippen molar-refractivity contribution in [3.05, 3.63) is 91.4 Å². The van der Waals surface area contributed by atoms with Crippen LogP contribution in [-0.2, 0) is 0 Å². The van der Waals surface area contributed by atoms with Gasteiger partial charge in [-0.1, -0.05) is 0 Å². The van der Waals surface area contributed by atoms with Crippen LogP contribution in [0.25, 0.3) is 11.1 Å². The molecule has 0 aliphatic carbocycles. The highest BCUT2D eigenvalue weighted by Gasteiger charge is 2.28. The summed E-state index contributed by atoms with van der Waals surface area (Å²) in [7, 11) is 0. The van der Waals surface area contributed by atoms with E-state index in [4.69, 9.17) is 0 Å². The molecule has 0 N–H and O–H groups in total. The first-order chi connectivity index (χ1) is 18.0. The Morgan fingerprint density at radius 1 is 0.553 bits per heavy atom. The van der Waals surface area contributed by atoms with E-state index >= 15 is 0 Å². The molecule has 2 aromatic heterocycles. The minimum Gasteiger partial charge on any atom is -0.201 e. The summed E-state index contributed by atoms with van der Waals surface area (Å²) in [6, 6.07) is 6.75. The van der Waals surface area contributed by atoms with Gasteiger partial charge in [-0.3, -0.25) is 0 Å². The van der Waals surface area contributed by atoms with Crippen molar-refractivity contribution >= 4 is 11.1 Å². The number of nitrogens with zero attached hydrogens (tertiary/aromatic N) is 7. The molecule has 15 heteroatoms. The summed E-state index contributed by atoms with van der Waals surface area (Å²) in [4.78, 5) is 4.62. The van der Waals surface area contributed by atoms with Crippen molar-refractivity contribution < 1.29 is 35.1 Å². The van der Waals surface area contributed by atoms with Gasteiger partial charge in [0, 0.05) is 10.4 Å². The lowest BCUT2D eigenvalue weighted by atomic mass is 9.91. The van der Waals surface area contributed by atoms with Crippen LogP contribution in [0.15, 0.2) is 6.07 Å². The second-order valence-electron chi connectivity index (χ2n) is 6.80. The molecule has 0 bridgehead atoms. The third-order valence-corrected chi connectivity index (χ3v) is 4.91. The van der Waals surface area contributed by atoms with Crippen LogP contribution in [0, 0.1) is 104 Å². The van der Waals surface area contributed by atoms with Gasteiger partial charge in [-0.15, -0.1) is 0 Å². The third-order valence-electron chi connectivity index (χ3n) is 4.91. The SMILES string of the molecule is N#C/C(c1c(F)c(F)nc(F)c1F)=c1/cc(C#N)/c(=C(\C#N)c2c(F)c(F)nc(F)c2F)c(C#N)c1C#N. The molecule has 38 heavy (non-hydrogen) atoms. The van der Waals surface area contributed by atoms with Crippen LogP contribution in [-0.4, -0.2) is 9.97 Å². The molecule has 0 saturated heterocycles. The highest BCUT2D eigenvalue weighted by molar-refractivity contribution is 5.83. The van der Waals surface area contributed by atoms with E-state index in [0.717, 1.165) is 6.07 Å². The molecule has 0 fully saturated rings. The van der Waals surface area contributed by atoms with Gasteiger partial charge in [-0.05, 0) is 6.07 Å². The molecular weight excluding hydrogens is 526 g/mol. The molecule has 0 radical (unpaired) electrons. The highest BCUT2D eigenvalue weighted by Crippen LogP contribution is 2.25. The average molecular weight is 527 g/mol. The second kappa shape index (κ2) is 10.0. The zero-order valence-corrected chi connectivity index (χ0v) is 17.7. The predicted octanol–water partition coefficient (Wildman–Crippen LogP) is 2.65. The molecule has 2 heterocycles. The van der Waals surface area contributed by atoms with Crippen LogP contribution in [0.4, 0.5) is 35.1 Å². The van der Waals surface area contributed by atoms with Crippen molar-refractivity contribution in [2.45, 2.75) is 0 Å². The van der Waals surface area contributed by atoms with Gasteiger partial charge in [0.05, 0.1) is 45.0 Å². The molecule has 3 rings (SSSR count). The van der Waals surface area contributed by atoms with Gasteiger partial charge in [0.1, 0.15) is 24.3 Å². The zero-order valence-electron chi connectivity index (χ0n) is 17.7. The van der Waals surface area contributed by atoms with Gasteiger partial charge in [-0.2, -0.15) is 53.8 Å².